The summed E-state index contributed by atoms with van der Waals surface area (Å²) in [6.45, 7) is 6.29. The van der Waals surface area contributed by atoms with Gasteiger partial charge in [-0.05, 0) is 68.4 Å². The largest absolute Gasteiger partial charge is 0.381 e. The summed E-state index contributed by atoms with van der Waals surface area (Å²) in [5.74, 6) is -1.43. The van der Waals surface area contributed by atoms with Gasteiger partial charge in [-0.1, -0.05) is 31.2 Å². The predicted molar refractivity (Wildman–Crippen MR) is 172 cm³/mol. The zero-order chi connectivity index (χ0) is 32.4. The monoisotopic (exact) mass is 626 g/mol. The molecular weight excluding hydrogens is 587 g/mol. The first kappa shape index (κ1) is 31.3. The molecule has 1 aliphatic heterocycles. The van der Waals surface area contributed by atoms with Gasteiger partial charge in [0.2, 0.25) is 11.8 Å². The molecule has 1 saturated heterocycles. The molecule has 0 unspecified atom stereocenters. The Balaban J connectivity index is 1.44. The number of primary amides is 1. The number of nitrogens with zero attached hydrogens (tertiary/aromatic N) is 4. The number of hydrogen-bond acceptors (Lipinski definition) is 7. The molecule has 3 heterocycles. The number of nitrogens with two attached hydrogens (primary N) is 1. The first-order chi connectivity index (χ1) is 22.3. The molecule has 2 amide bonds. The lowest BCUT2D eigenvalue weighted by molar-refractivity contribution is -0.144. The summed E-state index contributed by atoms with van der Waals surface area (Å²) in [5, 5.41) is 9.21. The topological polar surface area (TPSA) is 132 Å². The van der Waals surface area contributed by atoms with E-state index in [2.05, 4.69) is 10.4 Å². The average molecular weight is 627 g/mol. The van der Waals surface area contributed by atoms with E-state index in [4.69, 9.17) is 15.5 Å². The number of ether oxygens (including phenoxy) is 1. The van der Waals surface area contributed by atoms with Crippen molar-refractivity contribution in [2.45, 2.75) is 71.6 Å². The summed E-state index contributed by atoms with van der Waals surface area (Å²) in [6, 6.07) is 11.6. The van der Waals surface area contributed by atoms with Gasteiger partial charge in [-0.3, -0.25) is 14.4 Å². The van der Waals surface area contributed by atoms with Crippen molar-refractivity contribution in [1.82, 2.24) is 19.7 Å². The number of halogens is 1. The number of anilines is 1. The number of fused-ring (bicyclic) bond motifs is 1. The SMILES string of the molecule is CCc1nc2c(cnn2CC)c(NC2CCOCC2)c1CN(Cc1ccc(F)c(-c2cccc(C=O)c2)c1)C(=O)C1(C(N)=O)CC1. The van der Waals surface area contributed by atoms with Crippen LogP contribution in [0.25, 0.3) is 22.2 Å². The molecule has 2 aliphatic rings. The van der Waals surface area contributed by atoms with Crippen molar-refractivity contribution in [3.63, 3.8) is 0 Å². The standard InChI is InChI=1S/C35H39FN6O4/c1-3-30-28(31(39-25-10-14-46-15-11-25)27-18-38-42(4-2)32(27)40-30)20-41(34(45)35(12-13-35)33(37)44)19-22-8-9-29(36)26(17-22)24-7-5-6-23(16-24)21-43/h5-9,16-18,21,25H,3-4,10-15,19-20H2,1-2H3,(H2,37,44)(H,39,40). The molecule has 11 heteroatoms. The Bertz CT molecular complexity index is 1790. The minimum atomic E-state index is -1.26. The molecule has 1 aliphatic carbocycles. The third-order valence-electron chi connectivity index (χ3n) is 9.18. The van der Waals surface area contributed by atoms with Crippen LogP contribution in [-0.4, -0.2) is 57.0 Å². The van der Waals surface area contributed by atoms with Gasteiger partial charge in [0.15, 0.2) is 5.65 Å². The summed E-state index contributed by atoms with van der Waals surface area (Å²) in [7, 11) is 0. The molecule has 6 rings (SSSR count). The molecule has 2 aromatic heterocycles. The lowest BCUT2D eigenvalue weighted by atomic mass is 9.98. The molecule has 1 saturated carbocycles. The number of carbonyl (C=O) groups excluding carboxylic acids is 3. The number of aromatic nitrogens is 3. The number of hydrogen-bond donors (Lipinski definition) is 2. The average Bonchev–Trinajstić information content (AvgIpc) is 3.80. The van der Waals surface area contributed by atoms with Crippen molar-refractivity contribution in [2.24, 2.45) is 11.1 Å². The Morgan fingerprint density at radius 3 is 2.61 bits per heavy atom. The Hall–Kier alpha value is -4.64. The molecule has 4 aromatic rings. The van der Waals surface area contributed by atoms with Crippen LogP contribution in [0.15, 0.2) is 48.7 Å². The second kappa shape index (κ2) is 13.0. The highest BCUT2D eigenvalue weighted by Crippen LogP contribution is 2.48. The van der Waals surface area contributed by atoms with Crippen molar-refractivity contribution in [1.29, 1.82) is 0 Å². The van der Waals surface area contributed by atoms with Gasteiger partial charge in [0.05, 0.1) is 17.3 Å². The van der Waals surface area contributed by atoms with Crippen LogP contribution in [0, 0.1) is 11.2 Å². The van der Waals surface area contributed by atoms with Gasteiger partial charge >= 0.3 is 0 Å². The smallest absolute Gasteiger partial charge is 0.238 e. The molecule has 0 atom stereocenters. The van der Waals surface area contributed by atoms with Crippen LogP contribution in [0.3, 0.4) is 0 Å². The zero-order valence-corrected chi connectivity index (χ0v) is 26.2. The van der Waals surface area contributed by atoms with Crippen LogP contribution in [-0.2, 0) is 40.4 Å². The summed E-state index contributed by atoms with van der Waals surface area (Å²) in [5.41, 5.74) is 9.83. The molecule has 46 heavy (non-hydrogen) atoms. The number of carbonyl (C=O) groups is 3. The highest BCUT2D eigenvalue weighted by atomic mass is 19.1. The molecule has 2 aromatic carbocycles. The predicted octanol–water partition coefficient (Wildman–Crippen LogP) is 5.02. The van der Waals surface area contributed by atoms with Crippen LogP contribution in [0.5, 0.6) is 0 Å². The lowest BCUT2D eigenvalue weighted by Crippen LogP contribution is -2.43. The van der Waals surface area contributed by atoms with Crippen LogP contribution in [0.1, 0.15) is 66.7 Å². The Labute approximate surface area is 267 Å². The van der Waals surface area contributed by atoms with E-state index >= 15 is 4.39 Å². The van der Waals surface area contributed by atoms with E-state index < -0.39 is 17.1 Å². The van der Waals surface area contributed by atoms with E-state index in [-0.39, 0.29) is 25.0 Å². The van der Waals surface area contributed by atoms with Crippen LogP contribution >= 0.6 is 0 Å². The van der Waals surface area contributed by atoms with E-state index in [1.54, 1.807) is 41.3 Å². The Morgan fingerprint density at radius 1 is 1.15 bits per heavy atom. The van der Waals surface area contributed by atoms with Gasteiger partial charge in [-0.25, -0.2) is 14.1 Å². The van der Waals surface area contributed by atoms with Crippen molar-refractivity contribution in [3.8, 4) is 11.1 Å². The van der Waals surface area contributed by atoms with Gasteiger partial charge in [0.1, 0.15) is 17.5 Å². The van der Waals surface area contributed by atoms with E-state index in [0.29, 0.717) is 61.3 Å². The van der Waals surface area contributed by atoms with Crippen LogP contribution in [0.2, 0.25) is 0 Å². The minimum absolute atomic E-state index is 0.112. The second-order valence-corrected chi connectivity index (χ2v) is 12.2. The first-order valence-electron chi connectivity index (χ1n) is 15.9. The maximum Gasteiger partial charge on any atom is 0.238 e. The summed E-state index contributed by atoms with van der Waals surface area (Å²) >= 11 is 0. The van der Waals surface area contributed by atoms with Crippen LogP contribution in [0.4, 0.5) is 10.1 Å². The van der Waals surface area contributed by atoms with Crippen LogP contribution < -0.4 is 11.1 Å². The fourth-order valence-corrected chi connectivity index (χ4v) is 6.36. The Morgan fingerprint density at radius 2 is 1.93 bits per heavy atom. The van der Waals surface area contributed by atoms with Crippen molar-refractivity contribution < 1.29 is 23.5 Å². The fourth-order valence-electron chi connectivity index (χ4n) is 6.36. The molecule has 3 N–H and O–H groups in total. The van der Waals surface area contributed by atoms with Gasteiger partial charge in [0, 0.05) is 61.3 Å². The maximum absolute atomic E-state index is 15.1. The van der Waals surface area contributed by atoms with Crippen molar-refractivity contribution >= 4 is 34.8 Å². The third kappa shape index (κ3) is 5.99. The molecule has 240 valence electrons. The third-order valence-corrected chi connectivity index (χ3v) is 9.18. The van der Waals surface area contributed by atoms with E-state index in [0.717, 1.165) is 47.1 Å². The molecular formula is C35H39FN6O4. The molecule has 0 radical (unpaired) electrons. The number of aldehydes is 1. The number of aryl methyl sites for hydroxylation is 2. The fraction of sp³-hybridized carbons (Fsp3) is 0.400. The molecule has 0 bridgehead atoms. The lowest BCUT2D eigenvalue weighted by Gasteiger charge is -2.30. The normalized spacial score (nSPS) is 15.9. The minimum Gasteiger partial charge on any atom is -0.381 e. The Kier molecular flexibility index (Phi) is 8.86. The zero-order valence-electron chi connectivity index (χ0n) is 26.2. The van der Waals surface area contributed by atoms with E-state index in [9.17, 15) is 14.4 Å². The van der Waals surface area contributed by atoms with Gasteiger partial charge in [0.25, 0.3) is 0 Å². The second-order valence-electron chi connectivity index (χ2n) is 12.2. The quantitative estimate of drug-likeness (QED) is 0.167. The van der Waals surface area contributed by atoms with E-state index in [1.807, 2.05) is 24.7 Å². The summed E-state index contributed by atoms with van der Waals surface area (Å²) in [6.07, 6.45) is 5.59. The maximum atomic E-state index is 15.1. The summed E-state index contributed by atoms with van der Waals surface area (Å²) in [4.78, 5) is 44.9. The molecule has 10 nitrogen and oxygen atoms in total. The van der Waals surface area contributed by atoms with Gasteiger partial charge in [-0.2, -0.15) is 5.10 Å². The molecule has 0 spiro atoms. The highest BCUT2D eigenvalue weighted by molar-refractivity contribution is 6.07. The number of nitrogens with one attached hydrogen (secondary N) is 1. The number of benzene rings is 2. The number of rotatable bonds is 12. The van der Waals surface area contributed by atoms with Crippen molar-refractivity contribution in [2.75, 3.05) is 18.5 Å². The molecule has 2 fully saturated rings. The van der Waals surface area contributed by atoms with Gasteiger partial charge < -0.3 is 20.7 Å². The van der Waals surface area contributed by atoms with E-state index in [1.165, 1.54) is 6.07 Å². The highest BCUT2D eigenvalue weighted by Gasteiger charge is 2.57. The number of pyridine rings is 1. The number of amides is 2. The first-order valence-corrected chi connectivity index (χ1v) is 15.9. The van der Waals surface area contributed by atoms with Gasteiger partial charge in [-0.15, -0.1) is 0 Å². The van der Waals surface area contributed by atoms with Crippen molar-refractivity contribution in [3.05, 3.63) is 76.9 Å². The summed E-state index contributed by atoms with van der Waals surface area (Å²) < 4.78 is 22.6.